The van der Waals surface area contributed by atoms with E-state index < -0.39 is 5.82 Å². The van der Waals surface area contributed by atoms with E-state index in [1.807, 2.05) is 0 Å². The summed E-state index contributed by atoms with van der Waals surface area (Å²) in [6.45, 7) is 0.628. The van der Waals surface area contributed by atoms with Gasteiger partial charge in [0.15, 0.2) is 24.6 Å². The van der Waals surface area contributed by atoms with Gasteiger partial charge < -0.3 is 9.47 Å². The van der Waals surface area contributed by atoms with E-state index in [4.69, 9.17) is 9.47 Å². The highest BCUT2D eigenvalue weighted by Crippen LogP contribution is 2.29. The number of hydrogen-bond acceptors (Lipinski definition) is 3. The van der Waals surface area contributed by atoms with Gasteiger partial charge in [0.2, 0.25) is 0 Å². The van der Waals surface area contributed by atoms with Crippen LogP contribution in [0.2, 0.25) is 0 Å². The van der Waals surface area contributed by atoms with Crippen LogP contribution in [0.25, 0.3) is 0 Å². The molecule has 1 aliphatic carbocycles. The number of rotatable bonds is 6. The van der Waals surface area contributed by atoms with Crippen molar-refractivity contribution < 1.29 is 18.7 Å². The lowest BCUT2D eigenvalue weighted by Gasteiger charge is -2.09. The molecule has 0 atom stereocenters. The molecule has 0 saturated heterocycles. The van der Waals surface area contributed by atoms with Crippen LogP contribution in [0.15, 0.2) is 18.2 Å². The molecule has 1 saturated carbocycles. The van der Waals surface area contributed by atoms with Gasteiger partial charge in [0.25, 0.3) is 0 Å². The van der Waals surface area contributed by atoms with Gasteiger partial charge in [-0.25, -0.2) is 4.39 Å². The van der Waals surface area contributed by atoms with Gasteiger partial charge in [0.05, 0.1) is 12.2 Å². The molecule has 3 nitrogen and oxygen atoms in total. The molecular weight excluding hydrogens is 211 g/mol. The lowest BCUT2D eigenvalue weighted by Crippen LogP contribution is -2.07. The Balaban J connectivity index is 1.88. The van der Waals surface area contributed by atoms with Gasteiger partial charge in [0, 0.05) is 0 Å². The minimum absolute atomic E-state index is 0.0156. The summed E-state index contributed by atoms with van der Waals surface area (Å²) in [4.78, 5) is 10.6. The van der Waals surface area contributed by atoms with Gasteiger partial charge in [-0.15, -0.1) is 0 Å². The van der Waals surface area contributed by atoms with Crippen LogP contribution in [0.4, 0.5) is 4.39 Å². The first-order chi connectivity index (χ1) is 7.81. The molecule has 0 N–H and O–H groups in total. The largest absolute Gasteiger partial charge is 0.464 e. The average Bonchev–Trinajstić information content (AvgIpc) is 3.09. The third kappa shape index (κ3) is 2.79. The highest BCUT2D eigenvalue weighted by Gasteiger charge is 2.21. The third-order valence-electron chi connectivity index (χ3n) is 2.46. The number of carbonyl (C=O) groups excluding carboxylic acids is 1. The third-order valence-corrected chi connectivity index (χ3v) is 2.46. The number of para-hydroxylation sites is 1. The zero-order valence-electron chi connectivity index (χ0n) is 8.82. The fraction of sp³-hybridized carbons (Fsp3) is 0.417. The minimum atomic E-state index is -0.542. The first-order valence-corrected chi connectivity index (χ1v) is 5.25. The Morgan fingerprint density at radius 2 is 2.25 bits per heavy atom. The van der Waals surface area contributed by atoms with Crippen LogP contribution >= 0.6 is 0 Å². The van der Waals surface area contributed by atoms with E-state index in [-0.39, 0.29) is 18.1 Å². The second-order valence-electron chi connectivity index (χ2n) is 3.85. The van der Waals surface area contributed by atoms with Crippen LogP contribution < -0.4 is 4.74 Å². The Bertz CT molecular complexity index is 375. The molecule has 1 fully saturated rings. The summed E-state index contributed by atoms with van der Waals surface area (Å²) >= 11 is 0. The summed E-state index contributed by atoms with van der Waals surface area (Å²) in [5, 5.41) is 0. The maximum atomic E-state index is 13.3. The van der Waals surface area contributed by atoms with Crippen molar-refractivity contribution in [2.24, 2.45) is 5.92 Å². The molecule has 0 heterocycles. The van der Waals surface area contributed by atoms with Gasteiger partial charge in [-0.1, -0.05) is 6.07 Å². The highest BCUT2D eigenvalue weighted by atomic mass is 19.1. The fourth-order valence-electron chi connectivity index (χ4n) is 1.37. The number of hydrogen-bond donors (Lipinski definition) is 0. The van der Waals surface area contributed by atoms with Crippen molar-refractivity contribution in [2.45, 2.75) is 12.8 Å². The topological polar surface area (TPSA) is 35.5 Å². The Kier molecular flexibility index (Phi) is 3.51. The van der Waals surface area contributed by atoms with E-state index in [0.717, 1.165) is 0 Å². The van der Waals surface area contributed by atoms with E-state index in [2.05, 4.69) is 0 Å². The number of halogens is 1. The first-order valence-electron chi connectivity index (χ1n) is 5.25. The molecular formula is C12H13FO3. The Morgan fingerprint density at radius 1 is 1.44 bits per heavy atom. The molecule has 16 heavy (non-hydrogen) atoms. The van der Waals surface area contributed by atoms with E-state index in [9.17, 15) is 9.18 Å². The molecule has 0 unspecified atom stereocenters. The Labute approximate surface area is 93.2 Å². The number of carbonyl (C=O) groups is 1. The molecule has 1 aliphatic rings. The maximum Gasteiger partial charge on any atom is 0.189 e. The molecule has 86 valence electrons. The highest BCUT2D eigenvalue weighted by molar-refractivity contribution is 5.79. The van der Waals surface area contributed by atoms with E-state index in [0.29, 0.717) is 18.8 Å². The van der Waals surface area contributed by atoms with Crippen molar-refractivity contribution in [2.75, 3.05) is 13.4 Å². The van der Waals surface area contributed by atoms with Crippen LogP contribution in [0.5, 0.6) is 5.75 Å². The van der Waals surface area contributed by atoms with Crippen LogP contribution in [0.3, 0.4) is 0 Å². The second-order valence-corrected chi connectivity index (χ2v) is 3.85. The van der Waals surface area contributed by atoms with Crippen molar-refractivity contribution in [1.82, 2.24) is 0 Å². The predicted molar refractivity (Wildman–Crippen MR) is 56.0 cm³/mol. The van der Waals surface area contributed by atoms with Gasteiger partial charge in [-0.2, -0.15) is 0 Å². The molecule has 0 aromatic heterocycles. The maximum absolute atomic E-state index is 13.3. The lowest BCUT2D eigenvalue weighted by molar-refractivity contribution is 0.00762. The van der Waals surface area contributed by atoms with Crippen LogP contribution in [0.1, 0.15) is 23.2 Å². The summed E-state index contributed by atoms with van der Waals surface area (Å²) < 4.78 is 23.6. The lowest BCUT2D eigenvalue weighted by atomic mass is 10.2. The number of aldehydes is 1. The quantitative estimate of drug-likeness (QED) is 0.423. The SMILES string of the molecule is O=Cc1cccc(F)c1OCOCC1CC1. The standard InChI is InChI=1S/C12H13FO3/c13-11-3-1-2-10(6-14)12(11)16-8-15-7-9-4-5-9/h1-3,6,9H,4-5,7-8H2. The van der Waals surface area contributed by atoms with Crippen LogP contribution in [-0.2, 0) is 4.74 Å². The van der Waals surface area contributed by atoms with Gasteiger partial charge in [-0.05, 0) is 30.9 Å². The molecule has 0 radical (unpaired) electrons. The summed E-state index contributed by atoms with van der Waals surface area (Å²) in [5.41, 5.74) is 0.204. The minimum Gasteiger partial charge on any atom is -0.464 e. The second kappa shape index (κ2) is 5.07. The fourth-order valence-corrected chi connectivity index (χ4v) is 1.37. The van der Waals surface area contributed by atoms with Crippen molar-refractivity contribution in [1.29, 1.82) is 0 Å². The smallest absolute Gasteiger partial charge is 0.189 e. The molecule has 0 amide bonds. The monoisotopic (exact) mass is 224 g/mol. The average molecular weight is 224 g/mol. The van der Waals surface area contributed by atoms with Gasteiger partial charge >= 0.3 is 0 Å². The molecule has 1 aromatic rings. The predicted octanol–water partition coefficient (Wildman–Crippen LogP) is 2.40. The van der Waals surface area contributed by atoms with E-state index in [1.54, 1.807) is 0 Å². The van der Waals surface area contributed by atoms with Gasteiger partial charge in [0.1, 0.15) is 0 Å². The number of ether oxygens (including phenoxy) is 2. The van der Waals surface area contributed by atoms with Crippen LogP contribution in [0, 0.1) is 11.7 Å². The number of benzene rings is 1. The van der Waals surface area contributed by atoms with Crippen molar-refractivity contribution in [3.8, 4) is 5.75 Å². The summed E-state index contributed by atoms with van der Waals surface area (Å²) in [7, 11) is 0. The molecule has 0 bridgehead atoms. The molecule has 1 aromatic carbocycles. The normalized spacial score (nSPS) is 14.8. The van der Waals surface area contributed by atoms with Crippen molar-refractivity contribution in [3.05, 3.63) is 29.6 Å². The molecule has 0 aliphatic heterocycles. The van der Waals surface area contributed by atoms with Crippen molar-refractivity contribution >= 4 is 6.29 Å². The summed E-state index contributed by atoms with van der Waals surface area (Å²) in [6.07, 6.45) is 2.96. The zero-order chi connectivity index (χ0) is 11.4. The molecule has 2 rings (SSSR count). The first kappa shape index (κ1) is 11.1. The Hall–Kier alpha value is -1.42. The summed E-state index contributed by atoms with van der Waals surface area (Å²) in [5.74, 6) is 0.0580. The van der Waals surface area contributed by atoms with Crippen LogP contribution in [-0.4, -0.2) is 19.7 Å². The van der Waals surface area contributed by atoms with Crippen molar-refractivity contribution in [3.63, 3.8) is 0 Å². The summed E-state index contributed by atoms with van der Waals surface area (Å²) in [6, 6.07) is 4.23. The van der Waals surface area contributed by atoms with E-state index in [1.165, 1.54) is 31.0 Å². The molecule has 4 heteroatoms. The zero-order valence-corrected chi connectivity index (χ0v) is 8.82. The van der Waals surface area contributed by atoms with E-state index >= 15 is 0 Å². The Morgan fingerprint density at radius 3 is 2.94 bits per heavy atom. The van der Waals surface area contributed by atoms with Gasteiger partial charge in [-0.3, -0.25) is 4.79 Å². The molecule has 0 spiro atoms.